The Morgan fingerprint density at radius 2 is 1.71 bits per heavy atom. The summed E-state index contributed by atoms with van der Waals surface area (Å²) in [6, 6.07) is 12.5. The van der Waals surface area contributed by atoms with Crippen LogP contribution in [0.1, 0.15) is 59.1 Å². The summed E-state index contributed by atoms with van der Waals surface area (Å²) in [4.78, 5) is 0. The van der Waals surface area contributed by atoms with Crippen molar-refractivity contribution in [2.45, 2.75) is 45.1 Å². The third-order valence-corrected chi connectivity index (χ3v) is 5.86. The number of aryl methyl sites for hydroxylation is 2. The third kappa shape index (κ3) is 2.79. The minimum atomic E-state index is -0.535. The van der Waals surface area contributed by atoms with Gasteiger partial charge in [0.2, 0.25) is 0 Å². The Labute approximate surface area is 135 Å². The predicted octanol–water partition coefficient (Wildman–Crippen LogP) is 5.42. The van der Waals surface area contributed by atoms with Crippen LogP contribution < -0.4 is 0 Å². The molecule has 21 heavy (non-hydrogen) atoms. The molecule has 3 rings (SSSR count). The number of aliphatic hydroxyl groups excluding tert-OH is 1. The molecule has 1 saturated carbocycles. The van der Waals surface area contributed by atoms with Crippen molar-refractivity contribution in [3.8, 4) is 0 Å². The molecular weight excluding hydrogens is 324 g/mol. The molecule has 1 atom stereocenters. The third-order valence-electron chi connectivity index (χ3n) is 4.61. The zero-order chi connectivity index (χ0) is 15.0. The summed E-state index contributed by atoms with van der Waals surface area (Å²) in [5.41, 5.74) is 5.73. The van der Waals surface area contributed by atoms with E-state index in [-0.39, 0.29) is 0 Å². The average molecular weight is 345 g/mol. The van der Waals surface area contributed by atoms with Crippen molar-refractivity contribution in [3.05, 3.63) is 68.7 Å². The van der Waals surface area contributed by atoms with Crippen molar-refractivity contribution in [1.82, 2.24) is 0 Å². The van der Waals surface area contributed by atoms with Crippen molar-refractivity contribution >= 4 is 15.9 Å². The highest BCUT2D eigenvalue weighted by Gasteiger charge is 2.25. The van der Waals surface area contributed by atoms with E-state index in [0.29, 0.717) is 5.92 Å². The second kappa shape index (κ2) is 5.94. The molecule has 1 fully saturated rings. The Morgan fingerprint density at radius 1 is 1.10 bits per heavy atom. The van der Waals surface area contributed by atoms with Crippen molar-refractivity contribution < 1.29 is 5.11 Å². The van der Waals surface area contributed by atoms with Crippen LogP contribution in [0.5, 0.6) is 0 Å². The molecule has 0 heterocycles. The second-order valence-corrected chi connectivity index (χ2v) is 6.92. The molecule has 0 aliphatic heterocycles. The first-order chi connectivity index (χ1) is 10.1. The van der Waals surface area contributed by atoms with Gasteiger partial charge in [0.25, 0.3) is 0 Å². The molecule has 2 heteroatoms. The molecule has 1 unspecified atom stereocenters. The van der Waals surface area contributed by atoms with Gasteiger partial charge in [-0.15, -0.1) is 0 Å². The zero-order valence-corrected chi connectivity index (χ0v) is 14.2. The first kappa shape index (κ1) is 14.8. The molecular formula is C19H21BrO. The first-order valence-electron chi connectivity index (χ1n) is 7.61. The minimum Gasteiger partial charge on any atom is -0.384 e. The lowest BCUT2D eigenvalue weighted by Crippen LogP contribution is -2.13. The highest BCUT2D eigenvalue weighted by Crippen LogP contribution is 2.41. The van der Waals surface area contributed by atoms with Gasteiger partial charge in [0.1, 0.15) is 6.10 Å². The molecule has 2 aromatic carbocycles. The Kier molecular flexibility index (Phi) is 4.19. The predicted molar refractivity (Wildman–Crippen MR) is 90.7 cm³/mol. The van der Waals surface area contributed by atoms with Gasteiger partial charge in [0, 0.05) is 4.47 Å². The van der Waals surface area contributed by atoms with Gasteiger partial charge >= 0.3 is 0 Å². The smallest absolute Gasteiger partial charge is 0.104 e. The minimum absolute atomic E-state index is 0.535. The Bertz CT molecular complexity index is 635. The van der Waals surface area contributed by atoms with Gasteiger partial charge in [-0.05, 0) is 60.4 Å². The maximum absolute atomic E-state index is 10.9. The molecule has 0 radical (unpaired) electrons. The molecule has 0 saturated heterocycles. The lowest BCUT2D eigenvalue weighted by Gasteiger charge is -2.29. The summed E-state index contributed by atoms with van der Waals surface area (Å²) in [6.07, 6.45) is 3.28. The van der Waals surface area contributed by atoms with E-state index in [1.54, 1.807) is 0 Å². The fraction of sp³-hybridized carbons (Fsp3) is 0.368. The van der Waals surface area contributed by atoms with Crippen LogP contribution in [0.25, 0.3) is 0 Å². The summed E-state index contributed by atoms with van der Waals surface area (Å²) >= 11 is 3.60. The van der Waals surface area contributed by atoms with Crippen LogP contribution in [-0.4, -0.2) is 5.11 Å². The average Bonchev–Trinajstić information content (AvgIpc) is 2.42. The highest BCUT2D eigenvalue weighted by atomic mass is 79.9. The Morgan fingerprint density at radius 3 is 2.29 bits per heavy atom. The lowest BCUT2D eigenvalue weighted by molar-refractivity contribution is 0.217. The van der Waals surface area contributed by atoms with Crippen LogP contribution in [0.4, 0.5) is 0 Å². The fourth-order valence-corrected chi connectivity index (χ4v) is 3.40. The van der Waals surface area contributed by atoms with E-state index in [1.165, 1.54) is 36.0 Å². The van der Waals surface area contributed by atoms with Crippen LogP contribution >= 0.6 is 15.9 Å². The number of benzene rings is 2. The van der Waals surface area contributed by atoms with Gasteiger partial charge in [0.05, 0.1) is 0 Å². The van der Waals surface area contributed by atoms with E-state index in [9.17, 15) is 5.11 Å². The van der Waals surface area contributed by atoms with Gasteiger partial charge in [-0.25, -0.2) is 0 Å². The monoisotopic (exact) mass is 344 g/mol. The zero-order valence-electron chi connectivity index (χ0n) is 12.6. The standard InChI is InChI=1S/C19H21BrO/c1-12-10-15(11-13(2)18(12)20)19(21)17-9-4-3-8-16(17)14-6-5-7-14/h3-4,8-11,14,19,21H,5-7H2,1-2H3. The first-order valence-corrected chi connectivity index (χ1v) is 8.40. The molecule has 0 amide bonds. The topological polar surface area (TPSA) is 20.2 Å². The van der Waals surface area contributed by atoms with Crippen LogP contribution in [0.3, 0.4) is 0 Å². The quantitative estimate of drug-likeness (QED) is 0.788. The van der Waals surface area contributed by atoms with E-state index >= 15 is 0 Å². The Balaban J connectivity index is 2.00. The van der Waals surface area contributed by atoms with Gasteiger partial charge in [-0.3, -0.25) is 0 Å². The molecule has 0 bridgehead atoms. The van der Waals surface area contributed by atoms with Crippen molar-refractivity contribution in [2.75, 3.05) is 0 Å². The van der Waals surface area contributed by atoms with Crippen molar-refractivity contribution in [3.63, 3.8) is 0 Å². The normalized spacial score (nSPS) is 16.6. The molecule has 110 valence electrons. The van der Waals surface area contributed by atoms with Crippen LogP contribution in [0, 0.1) is 13.8 Å². The number of hydrogen-bond acceptors (Lipinski definition) is 1. The number of aliphatic hydroxyl groups is 1. The molecule has 0 aromatic heterocycles. The van der Waals surface area contributed by atoms with E-state index < -0.39 is 6.10 Å². The summed E-state index contributed by atoms with van der Waals surface area (Å²) < 4.78 is 1.13. The molecule has 0 spiro atoms. The maximum Gasteiger partial charge on any atom is 0.104 e. The summed E-state index contributed by atoms with van der Waals surface area (Å²) in [7, 11) is 0. The fourth-order valence-electron chi connectivity index (χ4n) is 3.17. The highest BCUT2D eigenvalue weighted by molar-refractivity contribution is 9.10. The molecule has 1 N–H and O–H groups in total. The number of rotatable bonds is 3. The SMILES string of the molecule is Cc1cc(C(O)c2ccccc2C2CCC2)cc(C)c1Br. The van der Waals surface area contributed by atoms with E-state index in [2.05, 4.69) is 60.1 Å². The summed E-state index contributed by atoms with van der Waals surface area (Å²) in [5.74, 6) is 0.633. The van der Waals surface area contributed by atoms with Gasteiger partial charge in [-0.2, -0.15) is 0 Å². The number of hydrogen-bond donors (Lipinski definition) is 1. The van der Waals surface area contributed by atoms with Crippen LogP contribution in [-0.2, 0) is 0 Å². The molecule has 1 aliphatic rings. The van der Waals surface area contributed by atoms with Crippen molar-refractivity contribution in [2.24, 2.45) is 0 Å². The maximum atomic E-state index is 10.9. The lowest BCUT2D eigenvalue weighted by atomic mass is 9.77. The van der Waals surface area contributed by atoms with Crippen molar-refractivity contribution in [1.29, 1.82) is 0 Å². The van der Waals surface area contributed by atoms with E-state index in [0.717, 1.165) is 15.6 Å². The van der Waals surface area contributed by atoms with E-state index in [4.69, 9.17) is 0 Å². The van der Waals surface area contributed by atoms with Crippen LogP contribution in [0.2, 0.25) is 0 Å². The Hall–Kier alpha value is -1.12. The van der Waals surface area contributed by atoms with E-state index in [1.807, 2.05) is 6.07 Å². The van der Waals surface area contributed by atoms with Gasteiger partial charge < -0.3 is 5.11 Å². The molecule has 1 aliphatic carbocycles. The summed E-state index contributed by atoms with van der Waals surface area (Å²) in [5, 5.41) is 10.9. The summed E-state index contributed by atoms with van der Waals surface area (Å²) in [6.45, 7) is 4.15. The largest absolute Gasteiger partial charge is 0.384 e. The van der Waals surface area contributed by atoms with Crippen LogP contribution in [0.15, 0.2) is 40.9 Å². The second-order valence-electron chi connectivity index (χ2n) is 6.13. The molecule has 1 nitrogen and oxygen atoms in total. The van der Waals surface area contributed by atoms with Gasteiger partial charge in [-0.1, -0.05) is 58.7 Å². The molecule has 2 aromatic rings. The number of halogens is 1. The van der Waals surface area contributed by atoms with Gasteiger partial charge in [0.15, 0.2) is 0 Å².